The van der Waals surface area contributed by atoms with E-state index in [4.69, 9.17) is 24.0 Å². The summed E-state index contributed by atoms with van der Waals surface area (Å²) in [4.78, 5) is 0. The zero-order valence-corrected chi connectivity index (χ0v) is 25.1. The van der Waals surface area contributed by atoms with E-state index < -0.39 is 37.7 Å². The van der Waals surface area contributed by atoms with Gasteiger partial charge in [-0.15, -0.1) is 0 Å². The van der Waals surface area contributed by atoms with Crippen LogP contribution in [0.5, 0.6) is 0 Å². The van der Waals surface area contributed by atoms with Gasteiger partial charge in [-0.2, -0.15) is 6.42 Å². The second-order valence-electron chi connectivity index (χ2n) is 8.30. The molecular formula is C25H38B2BrF4LiO5. The number of benzene rings is 2. The normalized spacial score (nSPS) is 9.95. The Morgan fingerprint density at radius 1 is 0.763 bits per heavy atom. The topological polar surface area (TPSA) is 68.2 Å². The van der Waals surface area contributed by atoms with E-state index in [9.17, 15) is 17.6 Å². The van der Waals surface area contributed by atoms with Gasteiger partial charge in [-0.1, -0.05) is 35.3 Å². The van der Waals surface area contributed by atoms with Crippen LogP contribution in [0.25, 0.3) is 0 Å². The average Bonchev–Trinajstić information content (AvgIpc) is 2.78. The molecule has 0 aliphatic heterocycles. The Morgan fingerprint density at radius 2 is 1.13 bits per heavy atom. The van der Waals surface area contributed by atoms with E-state index in [2.05, 4.69) is 29.8 Å². The van der Waals surface area contributed by atoms with E-state index >= 15 is 0 Å². The summed E-state index contributed by atoms with van der Waals surface area (Å²) in [5, 5.41) is 17.0. The zero-order chi connectivity index (χ0) is 29.1. The van der Waals surface area contributed by atoms with Gasteiger partial charge in [-0.3, -0.25) is 0 Å². The molecule has 0 saturated heterocycles. The first kappa shape index (κ1) is 41.6. The molecule has 2 N–H and O–H groups in total. The molecule has 0 bridgehead atoms. The van der Waals surface area contributed by atoms with Crippen LogP contribution < -0.4 is 24.3 Å². The maximum absolute atomic E-state index is 12.3. The molecule has 0 aliphatic rings. The molecule has 13 heteroatoms. The number of hydrogen-bond donors (Lipinski definition) is 2. The summed E-state index contributed by atoms with van der Waals surface area (Å²) < 4.78 is 65.7. The molecule has 0 spiro atoms. The van der Waals surface area contributed by atoms with Crippen molar-refractivity contribution in [2.24, 2.45) is 0 Å². The minimum atomic E-state index is -1.76. The van der Waals surface area contributed by atoms with Gasteiger partial charge in [-0.05, 0) is 77.3 Å². The maximum atomic E-state index is 12.3. The van der Waals surface area contributed by atoms with Crippen LogP contribution in [0.15, 0.2) is 40.9 Å². The second kappa shape index (κ2) is 24.0. The van der Waals surface area contributed by atoms with Gasteiger partial charge in [0.1, 0.15) is 0 Å². The average molecular weight is 603 g/mol. The van der Waals surface area contributed by atoms with Crippen molar-refractivity contribution in [1.82, 2.24) is 0 Å². The van der Waals surface area contributed by atoms with Gasteiger partial charge in [0.2, 0.25) is 0 Å². The van der Waals surface area contributed by atoms with Gasteiger partial charge in [0, 0.05) is 22.8 Å². The summed E-state index contributed by atoms with van der Waals surface area (Å²) in [5.74, 6) is -3.74. The quantitative estimate of drug-likeness (QED) is 0.210. The summed E-state index contributed by atoms with van der Waals surface area (Å²) in [6.07, 6.45) is 2.62. The van der Waals surface area contributed by atoms with E-state index in [1.807, 2.05) is 41.5 Å². The largest absolute Gasteiger partial charge is 1.00 e. The van der Waals surface area contributed by atoms with Crippen LogP contribution in [0.1, 0.15) is 61.3 Å². The Labute approximate surface area is 246 Å². The Hall–Kier alpha value is -0.833. The predicted molar refractivity (Wildman–Crippen MR) is 145 cm³/mol. The van der Waals surface area contributed by atoms with Crippen molar-refractivity contribution < 1.29 is 60.4 Å². The molecule has 38 heavy (non-hydrogen) atoms. The smallest absolute Gasteiger partial charge is 0.423 e. The summed E-state index contributed by atoms with van der Waals surface area (Å²) in [7, 11) is -2.30. The fraction of sp³-hybridized carbons (Fsp3) is 0.480. The standard InChI is InChI=1S/C9H21BO3.C6H5BF2O2.C6H3BrF2.C4H9.Li/c1-7(2)11-10(12-8(3)4)13-9(5)6;8-5-2-1-4(7(10)11)3-6(5)9;7-4-1-2-5(8)6(9)3-4;1-3-4-2;/h7-9H,1-6H3;1-3,10-11H;1-3H;1,3-4H2,2H3;/q;;;-1;+1. The number of halogens is 5. The molecule has 0 fully saturated rings. The number of unbranched alkanes of at least 4 members (excludes halogenated alkanes) is 1. The summed E-state index contributed by atoms with van der Waals surface area (Å²) >= 11 is 2.99. The molecular weight excluding hydrogens is 565 g/mol. The summed E-state index contributed by atoms with van der Waals surface area (Å²) in [5.41, 5.74) is -0.0658. The third-order valence-electron chi connectivity index (χ3n) is 3.63. The third kappa shape index (κ3) is 23.1. The molecule has 2 aromatic carbocycles. The maximum Gasteiger partial charge on any atom is 1.00 e. The monoisotopic (exact) mass is 602 g/mol. The van der Waals surface area contributed by atoms with Gasteiger partial charge in [-0.25, -0.2) is 17.6 Å². The fourth-order valence-corrected chi connectivity index (χ4v) is 2.24. The van der Waals surface area contributed by atoms with Gasteiger partial charge in [0.25, 0.3) is 0 Å². The Bertz CT molecular complexity index is 843. The van der Waals surface area contributed by atoms with E-state index in [0.717, 1.165) is 36.8 Å². The van der Waals surface area contributed by atoms with Crippen molar-refractivity contribution in [3.63, 3.8) is 0 Å². The Morgan fingerprint density at radius 3 is 1.39 bits per heavy atom. The SMILES string of the molecule is CC(C)OB(OC(C)C)OC(C)C.Fc1ccc(Br)cc1F.OB(O)c1ccc(F)c(F)c1.[CH2-]CCC.[Li+]. The molecule has 0 aliphatic carbocycles. The van der Waals surface area contributed by atoms with Crippen LogP contribution in [0, 0.1) is 30.2 Å². The van der Waals surface area contributed by atoms with Crippen LogP contribution >= 0.6 is 15.9 Å². The first-order chi connectivity index (χ1) is 17.1. The van der Waals surface area contributed by atoms with Crippen LogP contribution in [-0.2, 0) is 14.0 Å². The number of hydrogen-bond acceptors (Lipinski definition) is 5. The molecule has 0 saturated carbocycles. The molecule has 0 radical (unpaired) electrons. The molecule has 0 atom stereocenters. The molecule has 2 aromatic rings. The fourth-order valence-electron chi connectivity index (χ4n) is 1.91. The first-order valence-electron chi connectivity index (χ1n) is 11.8. The van der Waals surface area contributed by atoms with E-state index in [1.54, 1.807) is 0 Å². The second-order valence-corrected chi connectivity index (χ2v) is 9.22. The first-order valence-corrected chi connectivity index (χ1v) is 12.6. The van der Waals surface area contributed by atoms with Crippen LogP contribution in [0.2, 0.25) is 0 Å². The van der Waals surface area contributed by atoms with Crippen LogP contribution in [0.3, 0.4) is 0 Å². The van der Waals surface area contributed by atoms with Crippen LogP contribution in [0.4, 0.5) is 17.6 Å². The van der Waals surface area contributed by atoms with Gasteiger partial charge >= 0.3 is 33.3 Å². The molecule has 5 nitrogen and oxygen atoms in total. The minimum Gasteiger partial charge on any atom is -0.423 e. The zero-order valence-electron chi connectivity index (χ0n) is 23.5. The van der Waals surface area contributed by atoms with Gasteiger partial charge in [0.05, 0.1) is 0 Å². The van der Waals surface area contributed by atoms with Crippen molar-refractivity contribution in [2.45, 2.75) is 79.6 Å². The van der Waals surface area contributed by atoms with Crippen molar-refractivity contribution in [2.75, 3.05) is 0 Å². The Kier molecular flexibility index (Phi) is 26.3. The van der Waals surface area contributed by atoms with E-state index in [1.165, 1.54) is 12.5 Å². The van der Waals surface area contributed by atoms with Crippen LogP contribution in [-0.4, -0.2) is 42.8 Å². The molecule has 0 amide bonds. The Balaban J connectivity index is -0.000000450. The van der Waals surface area contributed by atoms with Crippen molar-refractivity contribution in [3.05, 3.63) is 71.1 Å². The molecule has 210 valence electrons. The minimum absolute atomic E-state index is 0. The molecule has 0 aromatic heterocycles. The summed E-state index contributed by atoms with van der Waals surface area (Å²) in [6, 6.07) is 6.26. The van der Waals surface area contributed by atoms with Crippen molar-refractivity contribution in [3.8, 4) is 0 Å². The summed E-state index contributed by atoms with van der Waals surface area (Å²) in [6.45, 7) is 17.5. The van der Waals surface area contributed by atoms with Gasteiger partial charge in [0.15, 0.2) is 23.3 Å². The third-order valence-corrected chi connectivity index (χ3v) is 4.12. The molecule has 0 unspecified atom stereocenters. The molecule has 0 heterocycles. The van der Waals surface area contributed by atoms with E-state index in [-0.39, 0.29) is 42.6 Å². The van der Waals surface area contributed by atoms with Crippen molar-refractivity contribution in [1.29, 1.82) is 0 Å². The number of rotatable bonds is 8. The predicted octanol–water partition coefficient (Wildman–Crippen LogP) is 3.24. The molecule has 2 rings (SSSR count). The van der Waals surface area contributed by atoms with Gasteiger partial charge < -0.3 is 30.9 Å². The van der Waals surface area contributed by atoms with E-state index in [0.29, 0.717) is 4.47 Å². The van der Waals surface area contributed by atoms with Crippen molar-refractivity contribution >= 4 is 35.8 Å².